The summed E-state index contributed by atoms with van der Waals surface area (Å²) in [5, 5.41) is 0. The Labute approximate surface area is 157 Å². The largest absolute Gasteiger partial charge is 0.450 e. The maximum Gasteiger partial charge on any atom is 0.409 e. The summed E-state index contributed by atoms with van der Waals surface area (Å²) in [5.74, 6) is 0. The Morgan fingerprint density at radius 1 is 1.19 bits per heavy atom. The quantitative estimate of drug-likeness (QED) is 0.819. The van der Waals surface area contributed by atoms with Crippen LogP contribution in [0.3, 0.4) is 0 Å². The van der Waals surface area contributed by atoms with Crippen LogP contribution in [0.1, 0.15) is 52.5 Å². The van der Waals surface area contributed by atoms with Gasteiger partial charge in [0.2, 0.25) is 10.0 Å². The molecule has 1 amide bonds. The minimum Gasteiger partial charge on any atom is -0.450 e. The summed E-state index contributed by atoms with van der Waals surface area (Å²) < 4.78 is 33.0. The van der Waals surface area contributed by atoms with E-state index < -0.39 is 10.0 Å². The highest BCUT2D eigenvalue weighted by atomic mass is 32.2. The van der Waals surface area contributed by atoms with E-state index in [1.807, 2.05) is 12.1 Å². The number of hydrogen-bond donors (Lipinski definition) is 1. The van der Waals surface area contributed by atoms with E-state index >= 15 is 0 Å². The van der Waals surface area contributed by atoms with E-state index in [9.17, 15) is 13.2 Å². The second kappa shape index (κ2) is 8.39. The van der Waals surface area contributed by atoms with Crippen molar-refractivity contribution in [3.63, 3.8) is 0 Å². The molecule has 1 fully saturated rings. The van der Waals surface area contributed by atoms with Crippen LogP contribution in [-0.4, -0.2) is 45.1 Å². The van der Waals surface area contributed by atoms with E-state index in [1.165, 1.54) is 0 Å². The minimum atomic E-state index is -3.56. The molecule has 0 saturated carbocycles. The van der Waals surface area contributed by atoms with Gasteiger partial charge in [0.1, 0.15) is 0 Å². The smallest absolute Gasteiger partial charge is 0.409 e. The molecule has 0 aromatic heterocycles. The molecule has 0 unspecified atom stereocenters. The van der Waals surface area contributed by atoms with Gasteiger partial charge in [-0.2, -0.15) is 0 Å². The fraction of sp³-hybridized carbons (Fsp3) is 0.632. The van der Waals surface area contributed by atoms with Crippen molar-refractivity contribution in [3.05, 3.63) is 29.8 Å². The minimum absolute atomic E-state index is 0.0235. The Hall–Kier alpha value is -1.60. The Kier molecular flexibility index (Phi) is 6.69. The number of ether oxygens (including phenoxy) is 1. The van der Waals surface area contributed by atoms with Gasteiger partial charge in [-0.25, -0.2) is 17.9 Å². The molecule has 1 saturated heterocycles. The Balaban J connectivity index is 1.98. The van der Waals surface area contributed by atoms with Crippen LogP contribution < -0.4 is 4.72 Å². The van der Waals surface area contributed by atoms with Crippen molar-refractivity contribution < 1.29 is 17.9 Å². The summed E-state index contributed by atoms with van der Waals surface area (Å²) in [5.41, 5.74) is 1.15. The molecule has 146 valence electrons. The van der Waals surface area contributed by atoms with E-state index in [0.29, 0.717) is 32.5 Å². The molecule has 0 atom stereocenters. The number of likely N-dealkylation sites (tertiary alicyclic amines) is 1. The molecular formula is C19H30N2O4S. The van der Waals surface area contributed by atoms with Crippen LogP contribution >= 0.6 is 0 Å². The molecule has 1 aliphatic heterocycles. The number of carbonyl (C=O) groups is 1. The number of benzene rings is 1. The Morgan fingerprint density at radius 3 is 2.27 bits per heavy atom. The highest BCUT2D eigenvalue weighted by molar-refractivity contribution is 7.89. The highest BCUT2D eigenvalue weighted by Gasteiger charge is 2.27. The summed E-state index contributed by atoms with van der Waals surface area (Å²) in [6, 6.07) is 6.95. The van der Waals surface area contributed by atoms with Crippen molar-refractivity contribution in [2.24, 2.45) is 0 Å². The molecule has 26 heavy (non-hydrogen) atoms. The van der Waals surface area contributed by atoms with Crippen LogP contribution in [-0.2, 0) is 20.2 Å². The van der Waals surface area contributed by atoms with Crippen molar-refractivity contribution in [2.75, 3.05) is 19.7 Å². The number of amides is 1. The lowest BCUT2D eigenvalue weighted by molar-refractivity contribution is 0.0966. The molecule has 1 N–H and O–H groups in total. The van der Waals surface area contributed by atoms with Gasteiger partial charge in [-0.05, 0) is 49.3 Å². The topological polar surface area (TPSA) is 75.7 Å². The average molecular weight is 383 g/mol. The normalized spacial score (nSPS) is 16.5. The monoisotopic (exact) mass is 382 g/mol. The van der Waals surface area contributed by atoms with Gasteiger partial charge in [-0.1, -0.05) is 32.9 Å². The van der Waals surface area contributed by atoms with Crippen LogP contribution in [0.4, 0.5) is 4.79 Å². The van der Waals surface area contributed by atoms with E-state index in [4.69, 9.17) is 4.74 Å². The molecule has 0 spiro atoms. The van der Waals surface area contributed by atoms with Crippen molar-refractivity contribution in [3.8, 4) is 0 Å². The SMILES string of the molecule is CCOC(=O)N1CCC(NS(=O)(=O)c2ccc(C(C)(C)CC)cc2)CC1. The van der Waals surface area contributed by atoms with Gasteiger partial charge in [-0.15, -0.1) is 0 Å². The third-order valence-corrected chi connectivity index (χ3v) is 6.71. The number of sulfonamides is 1. The molecule has 1 aromatic rings. The van der Waals surface area contributed by atoms with Gasteiger partial charge in [0.15, 0.2) is 0 Å². The maximum absolute atomic E-state index is 12.6. The van der Waals surface area contributed by atoms with Crippen LogP contribution in [0.2, 0.25) is 0 Å². The van der Waals surface area contributed by atoms with Crippen LogP contribution in [0, 0.1) is 0 Å². The first-order valence-electron chi connectivity index (χ1n) is 9.24. The summed E-state index contributed by atoms with van der Waals surface area (Å²) in [6.45, 7) is 9.51. The molecule has 1 aromatic carbocycles. The zero-order chi connectivity index (χ0) is 19.4. The number of hydrogen-bond acceptors (Lipinski definition) is 4. The first-order chi connectivity index (χ1) is 12.2. The molecule has 1 heterocycles. The van der Waals surface area contributed by atoms with Crippen molar-refractivity contribution in [1.82, 2.24) is 9.62 Å². The van der Waals surface area contributed by atoms with E-state index in [2.05, 4.69) is 25.5 Å². The van der Waals surface area contributed by atoms with Crippen LogP contribution in [0.5, 0.6) is 0 Å². The number of nitrogens with one attached hydrogen (secondary N) is 1. The van der Waals surface area contributed by atoms with Gasteiger partial charge in [-0.3, -0.25) is 0 Å². The van der Waals surface area contributed by atoms with Gasteiger partial charge < -0.3 is 9.64 Å². The van der Waals surface area contributed by atoms with E-state index in [1.54, 1.807) is 24.0 Å². The molecule has 0 radical (unpaired) electrons. The first-order valence-corrected chi connectivity index (χ1v) is 10.7. The number of rotatable bonds is 6. The zero-order valence-corrected chi connectivity index (χ0v) is 16.9. The lowest BCUT2D eigenvalue weighted by Crippen LogP contribution is -2.46. The second-order valence-electron chi connectivity index (χ2n) is 7.34. The molecule has 0 bridgehead atoms. The fourth-order valence-electron chi connectivity index (χ4n) is 2.97. The van der Waals surface area contributed by atoms with Gasteiger partial charge in [0.05, 0.1) is 11.5 Å². The van der Waals surface area contributed by atoms with Crippen molar-refractivity contribution in [2.45, 2.75) is 63.3 Å². The third kappa shape index (κ3) is 4.98. The first kappa shape index (κ1) is 20.7. The predicted octanol–water partition coefficient (Wildman–Crippen LogP) is 3.27. The predicted molar refractivity (Wildman–Crippen MR) is 102 cm³/mol. The lowest BCUT2D eigenvalue weighted by Gasteiger charge is -2.31. The van der Waals surface area contributed by atoms with Crippen molar-refractivity contribution in [1.29, 1.82) is 0 Å². The van der Waals surface area contributed by atoms with Crippen LogP contribution in [0.15, 0.2) is 29.2 Å². The van der Waals surface area contributed by atoms with Gasteiger partial charge in [0, 0.05) is 19.1 Å². The molecule has 7 heteroatoms. The van der Waals surface area contributed by atoms with Crippen molar-refractivity contribution >= 4 is 16.1 Å². The van der Waals surface area contributed by atoms with Gasteiger partial charge >= 0.3 is 6.09 Å². The summed E-state index contributed by atoms with van der Waals surface area (Å²) in [7, 11) is -3.56. The molecule has 1 aliphatic rings. The van der Waals surface area contributed by atoms with Gasteiger partial charge in [0.25, 0.3) is 0 Å². The second-order valence-corrected chi connectivity index (χ2v) is 9.06. The molecular weight excluding hydrogens is 352 g/mol. The fourth-order valence-corrected chi connectivity index (χ4v) is 4.28. The van der Waals surface area contributed by atoms with E-state index in [0.717, 1.165) is 12.0 Å². The molecule has 0 aliphatic carbocycles. The number of piperidine rings is 1. The summed E-state index contributed by atoms with van der Waals surface area (Å²) in [4.78, 5) is 13.6. The zero-order valence-electron chi connectivity index (χ0n) is 16.1. The summed E-state index contributed by atoms with van der Waals surface area (Å²) >= 11 is 0. The lowest BCUT2D eigenvalue weighted by atomic mass is 9.82. The summed E-state index contributed by atoms with van der Waals surface area (Å²) in [6.07, 6.45) is 1.82. The Bertz CT molecular complexity index is 706. The standard InChI is InChI=1S/C19H30N2O4S/c1-5-19(3,4)15-7-9-17(10-8-15)26(23,24)20-16-11-13-21(14-12-16)18(22)25-6-2/h7-10,16,20H,5-6,11-14H2,1-4H3. The maximum atomic E-state index is 12.6. The van der Waals surface area contributed by atoms with E-state index in [-0.39, 0.29) is 22.4 Å². The third-order valence-electron chi connectivity index (χ3n) is 5.17. The highest BCUT2D eigenvalue weighted by Crippen LogP contribution is 2.27. The molecule has 6 nitrogen and oxygen atoms in total. The molecule has 2 rings (SSSR count). The number of carbonyl (C=O) groups excluding carboxylic acids is 1. The van der Waals surface area contributed by atoms with Crippen LogP contribution in [0.25, 0.3) is 0 Å². The number of nitrogens with zero attached hydrogens (tertiary/aromatic N) is 1. The average Bonchev–Trinajstić information content (AvgIpc) is 2.62. The Morgan fingerprint density at radius 2 is 1.77 bits per heavy atom.